The average Bonchev–Trinajstić information content (AvgIpc) is 3.42. The van der Waals surface area contributed by atoms with Gasteiger partial charge in [-0.1, -0.05) is 18.2 Å². The Hall–Kier alpha value is -2.85. The number of H-pyrrole nitrogens is 1. The van der Waals surface area contributed by atoms with E-state index in [1.807, 2.05) is 24.3 Å². The summed E-state index contributed by atoms with van der Waals surface area (Å²) in [6, 6.07) is 11.6. The molecule has 1 aliphatic heterocycles. The highest BCUT2D eigenvalue weighted by Crippen LogP contribution is 2.53. The van der Waals surface area contributed by atoms with Gasteiger partial charge in [-0.05, 0) is 98.6 Å². The first-order chi connectivity index (χ1) is 19.1. The summed E-state index contributed by atoms with van der Waals surface area (Å²) in [5.41, 5.74) is 2.26. The normalized spacial score (nSPS) is 25.5. The Labute approximate surface area is 233 Å². The number of nitrogens with one attached hydrogen (secondary N) is 1. The minimum Gasteiger partial charge on any atom is -0.361 e. The summed E-state index contributed by atoms with van der Waals surface area (Å²) in [5, 5.41) is 0. The lowest BCUT2D eigenvalue weighted by Gasteiger charge is -2.48. The quantitative estimate of drug-likeness (QED) is 0.340. The molecule has 1 aromatic heterocycles. The van der Waals surface area contributed by atoms with Crippen molar-refractivity contribution in [3.8, 4) is 0 Å². The zero-order valence-electron chi connectivity index (χ0n) is 22.4. The fourth-order valence-electron chi connectivity index (χ4n) is 7.06. The molecule has 4 aliphatic rings. The number of aromatic nitrogens is 2. The molecule has 3 fully saturated rings. The van der Waals surface area contributed by atoms with Gasteiger partial charge in [0, 0.05) is 31.0 Å². The van der Waals surface area contributed by atoms with Gasteiger partial charge in [0.1, 0.15) is 0 Å². The van der Waals surface area contributed by atoms with Gasteiger partial charge in [-0.15, -0.1) is 0 Å². The summed E-state index contributed by atoms with van der Waals surface area (Å²) in [7, 11) is -4.05. The minimum atomic E-state index is -4.53. The van der Waals surface area contributed by atoms with Gasteiger partial charge >= 0.3 is 6.18 Å². The molecule has 1 atom stereocenters. The van der Waals surface area contributed by atoms with Gasteiger partial charge in [0.15, 0.2) is 0 Å². The van der Waals surface area contributed by atoms with E-state index < -0.39 is 21.8 Å². The second kappa shape index (κ2) is 10.5. The first kappa shape index (κ1) is 27.3. The number of anilines is 1. The fraction of sp³-hybridized carbons (Fsp3) is 0.500. The number of benzene rings is 2. The Morgan fingerprint density at radius 3 is 2.35 bits per heavy atom. The molecule has 3 aromatic rings. The van der Waals surface area contributed by atoms with E-state index in [0.29, 0.717) is 12.0 Å². The molecule has 0 amide bonds. The standard InChI is InChI=1S/C30H35F3N4O2S/c31-30(32,33)24-5-7-27(8-6-24)40(38,39)36-18-23-3-1-2-4-28(23)37(19-25-17-34-21-35-25)26(20-36)12-16-29-13-9-22(10-14-29)11-15-29/h1-8,17,21-22,26H,9-16,18-20H2,(H,34,35)/t22?,26-,29?/m0/s1. The van der Waals surface area contributed by atoms with E-state index in [0.717, 1.165) is 60.0 Å². The molecule has 2 bridgehead atoms. The van der Waals surface area contributed by atoms with Crippen LogP contribution in [-0.4, -0.2) is 35.3 Å². The van der Waals surface area contributed by atoms with Crippen molar-refractivity contribution >= 4 is 15.7 Å². The topological polar surface area (TPSA) is 69.3 Å². The number of aromatic amines is 1. The number of halogens is 3. The molecule has 6 nitrogen and oxygen atoms in total. The Morgan fingerprint density at radius 2 is 1.70 bits per heavy atom. The predicted molar refractivity (Wildman–Crippen MR) is 147 cm³/mol. The molecular formula is C30H35F3N4O2S. The van der Waals surface area contributed by atoms with Crippen molar-refractivity contribution in [3.63, 3.8) is 0 Å². The lowest BCUT2D eigenvalue weighted by Crippen LogP contribution is -2.44. The van der Waals surface area contributed by atoms with E-state index in [-0.39, 0.29) is 24.0 Å². The zero-order chi connectivity index (χ0) is 28.0. The smallest absolute Gasteiger partial charge is 0.361 e. The van der Waals surface area contributed by atoms with Crippen LogP contribution in [0.25, 0.3) is 0 Å². The largest absolute Gasteiger partial charge is 0.416 e. The maximum atomic E-state index is 13.9. The van der Waals surface area contributed by atoms with Crippen molar-refractivity contribution in [3.05, 3.63) is 77.9 Å². The predicted octanol–water partition coefficient (Wildman–Crippen LogP) is 6.76. The average molecular weight is 573 g/mol. The molecule has 214 valence electrons. The third kappa shape index (κ3) is 5.40. The fourth-order valence-corrected chi connectivity index (χ4v) is 8.52. The van der Waals surface area contributed by atoms with E-state index in [9.17, 15) is 21.6 Å². The van der Waals surface area contributed by atoms with Crippen molar-refractivity contribution in [2.45, 2.75) is 81.6 Å². The number of rotatable bonds is 7. The van der Waals surface area contributed by atoms with Crippen LogP contribution in [0.1, 0.15) is 68.2 Å². The van der Waals surface area contributed by atoms with Crippen molar-refractivity contribution < 1.29 is 21.6 Å². The Morgan fingerprint density at radius 1 is 1.00 bits per heavy atom. The van der Waals surface area contributed by atoms with E-state index in [4.69, 9.17) is 0 Å². The van der Waals surface area contributed by atoms with E-state index in [1.54, 1.807) is 12.5 Å². The van der Waals surface area contributed by atoms with Crippen LogP contribution in [0, 0.1) is 11.3 Å². The highest BCUT2D eigenvalue weighted by atomic mass is 32.2. The maximum absolute atomic E-state index is 13.9. The number of para-hydroxylation sites is 1. The van der Waals surface area contributed by atoms with Crippen LogP contribution < -0.4 is 4.90 Å². The Kier molecular flexibility index (Phi) is 7.19. The molecule has 10 heteroatoms. The van der Waals surface area contributed by atoms with Crippen LogP contribution in [0.3, 0.4) is 0 Å². The molecule has 2 aromatic carbocycles. The molecule has 3 saturated carbocycles. The molecule has 40 heavy (non-hydrogen) atoms. The second-order valence-corrected chi connectivity index (χ2v) is 13.8. The molecule has 0 radical (unpaired) electrons. The molecule has 2 heterocycles. The van der Waals surface area contributed by atoms with E-state index >= 15 is 0 Å². The van der Waals surface area contributed by atoms with Gasteiger partial charge in [-0.25, -0.2) is 13.4 Å². The number of hydrogen-bond donors (Lipinski definition) is 1. The maximum Gasteiger partial charge on any atom is 0.416 e. The third-order valence-electron chi connectivity index (χ3n) is 9.47. The summed E-state index contributed by atoms with van der Waals surface area (Å²) in [4.78, 5) is 9.57. The zero-order valence-corrected chi connectivity index (χ0v) is 23.2. The number of sulfonamides is 1. The lowest BCUT2D eigenvalue weighted by molar-refractivity contribution is -0.137. The first-order valence-corrected chi connectivity index (χ1v) is 15.6. The summed E-state index contributed by atoms with van der Waals surface area (Å²) in [5.74, 6) is 0.868. The van der Waals surface area contributed by atoms with Gasteiger partial charge in [0.25, 0.3) is 0 Å². The number of alkyl halides is 3. The Balaban J connectivity index is 1.34. The van der Waals surface area contributed by atoms with Gasteiger partial charge in [-0.2, -0.15) is 17.5 Å². The third-order valence-corrected chi connectivity index (χ3v) is 11.3. The summed E-state index contributed by atoms with van der Waals surface area (Å²) >= 11 is 0. The van der Waals surface area contributed by atoms with Gasteiger partial charge in [0.05, 0.1) is 29.0 Å². The second-order valence-electron chi connectivity index (χ2n) is 11.8. The summed E-state index contributed by atoms with van der Waals surface area (Å²) in [6.07, 6.45) is 8.40. The van der Waals surface area contributed by atoms with Crippen molar-refractivity contribution in [1.29, 1.82) is 0 Å². The molecule has 1 N–H and O–H groups in total. The summed E-state index contributed by atoms with van der Waals surface area (Å²) in [6.45, 7) is 0.970. The lowest BCUT2D eigenvalue weighted by atomic mass is 9.59. The van der Waals surface area contributed by atoms with E-state index in [1.165, 1.54) is 42.8 Å². The van der Waals surface area contributed by atoms with Crippen LogP contribution in [-0.2, 0) is 29.3 Å². The number of fused-ring (bicyclic) bond motifs is 4. The van der Waals surface area contributed by atoms with Crippen LogP contribution in [0.2, 0.25) is 0 Å². The minimum absolute atomic E-state index is 0.106. The van der Waals surface area contributed by atoms with Crippen LogP contribution in [0.15, 0.2) is 66.0 Å². The number of hydrogen-bond acceptors (Lipinski definition) is 4. The number of nitrogens with zero attached hydrogens (tertiary/aromatic N) is 3. The molecular weight excluding hydrogens is 537 g/mol. The van der Waals surface area contributed by atoms with Crippen molar-refractivity contribution in [1.82, 2.24) is 14.3 Å². The molecule has 0 unspecified atom stereocenters. The highest BCUT2D eigenvalue weighted by Gasteiger charge is 2.42. The Bertz CT molecular complexity index is 1400. The van der Waals surface area contributed by atoms with Gasteiger partial charge in [-0.3, -0.25) is 0 Å². The van der Waals surface area contributed by atoms with Crippen LogP contribution >= 0.6 is 0 Å². The van der Waals surface area contributed by atoms with Crippen molar-refractivity contribution in [2.75, 3.05) is 11.4 Å². The summed E-state index contributed by atoms with van der Waals surface area (Å²) < 4.78 is 68.8. The highest BCUT2D eigenvalue weighted by molar-refractivity contribution is 7.89. The molecule has 0 spiro atoms. The van der Waals surface area contributed by atoms with Gasteiger partial charge < -0.3 is 9.88 Å². The SMILES string of the molecule is O=S(=O)(c1ccc(C(F)(F)F)cc1)N1Cc2ccccc2N(Cc2cnc[nH]2)[C@@H](CCC23CCC(CC2)CC3)C1. The molecule has 0 saturated heterocycles. The monoisotopic (exact) mass is 572 g/mol. The molecule has 3 aliphatic carbocycles. The van der Waals surface area contributed by atoms with E-state index in [2.05, 4.69) is 14.9 Å². The molecule has 7 rings (SSSR count). The van der Waals surface area contributed by atoms with Crippen molar-refractivity contribution in [2.24, 2.45) is 11.3 Å². The number of imidazole rings is 1. The van der Waals surface area contributed by atoms with Crippen LogP contribution in [0.5, 0.6) is 0 Å². The first-order valence-electron chi connectivity index (χ1n) is 14.1. The van der Waals surface area contributed by atoms with Gasteiger partial charge in [0.2, 0.25) is 10.0 Å². The van der Waals surface area contributed by atoms with Crippen LogP contribution in [0.4, 0.5) is 18.9 Å².